The van der Waals surface area contributed by atoms with Crippen LogP contribution in [0.4, 0.5) is 19.7 Å². The highest BCUT2D eigenvalue weighted by molar-refractivity contribution is 6.09. The second-order valence-corrected chi connectivity index (χ2v) is 11.3. The number of carbonyl (C=O) groups excluding carboxylic acids is 4. The molecule has 2 aliphatic heterocycles. The number of anilines is 1. The molecule has 2 aliphatic carbocycles. The van der Waals surface area contributed by atoms with E-state index in [1.165, 1.54) is 19.2 Å². The first-order valence-corrected chi connectivity index (χ1v) is 13.6. The zero-order chi connectivity index (χ0) is 28.2. The topological polar surface area (TPSA) is 120 Å². The van der Waals surface area contributed by atoms with Crippen LogP contribution in [0.15, 0.2) is 36.4 Å². The normalized spacial score (nSPS) is 25.5. The van der Waals surface area contributed by atoms with Crippen LogP contribution in [0.1, 0.15) is 49.3 Å². The lowest BCUT2D eigenvalue weighted by atomic mass is 9.76. The molecule has 2 atom stereocenters. The van der Waals surface area contributed by atoms with Crippen LogP contribution in [-0.2, 0) is 28.1 Å². The molecular weight excluding hydrogens is 517 g/mol. The van der Waals surface area contributed by atoms with Crippen molar-refractivity contribution < 1.29 is 28.3 Å². The van der Waals surface area contributed by atoms with E-state index in [1.807, 2.05) is 13.0 Å². The summed E-state index contributed by atoms with van der Waals surface area (Å²) in [5.41, 5.74) is 0.729. The molecule has 11 heteroatoms. The van der Waals surface area contributed by atoms with Gasteiger partial charge in [0.15, 0.2) is 0 Å². The summed E-state index contributed by atoms with van der Waals surface area (Å²) in [5, 5.41) is 8.13. The van der Waals surface area contributed by atoms with Gasteiger partial charge in [0.1, 0.15) is 30.3 Å². The number of carbonyl (C=O) groups is 4. The summed E-state index contributed by atoms with van der Waals surface area (Å²) < 4.78 is 20.1. The van der Waals surface area contributed by atoms with E-state index >= 15 is 0 Å². The van der Waals surface area contributed by atoms with Gasteiger partial charge < -0.3 is 25.6 Å². The molecule has 2 aromatic rings. The molecule has 210 valence electrons. The molecule has 1 saturated carbocycles. The standard InChI is InChI=1S/C29H32FN5O5/c1-28(19-5-6-19)16-40-23-10-7-20(30)12-18(23)14-35(28)24(36)15-34-25(37)29(33-27(34)39)11-3-4-17-13-21(8-9-22(17)29)32-26(38)31-2/h7-10,12-13,19H,3-6,11,14-16H2,1-2H3,(H,33,39)(H2,31,32,38)/t28-,29-/m1/s1. The van der Waals surface area contributed by atoms with Crippen molar-refractivity contribution in [2.45, 2.75) is 56.7 Å². The Morgan fingerprint density at radius 2 is 1.95 bits per heavy atom. The Hall–Kier alpha value is -4.15. The minimum atomic E-state index is -1.27. The average Bonchev–Trinajstić information content (AvgIpc) is 3.77. The van der Waals surface area contributed by atoms with Crippen LogP contribution < -0.4 is 20.7 Å². The van der Waals surface area contributed by atoms with Crippen molar-refractivity contribution in [3.63, 3.8) is 0 Å². The van der Waals surface area contributed by atoms with Crippen molar-refractivity contribution >= 4 is 29.6 Å². The predicted octanol–water partition coefficient (Wildman–Crippen LogP) is 3.25. The number of urea groups is 2. The molecule has 3 N–H and O–H groups in total. The van der Waals surface area contributed by atoms with Gasteiger partial charge in [-0.25, -0.2) is 14.0 Å². The van der Waals surface area contributed by atoms with Gasteiger partial charge in [0.05, 0.1) is 12.1 Å². The molecule has 2 fully saturated rings. The fourth-order valence-corrected chi connectivity index (χ4v) is 6.39. The maximum atomic E-state index is 14.1. The Morgan fingerprint density at radius 1 is 1.15 bits per heavy atom. The van der Waals surface area contributed by atoms with Crippen molar-refractivity contribution in [2.24, 2.45) is 5.92 Å². The Labute approximate surface area is 231 Å². The number of amides is 6. The zero-order valence-electron chi connectivity index (χ0n) is 22.5. The minimum Gasteiger partial charge on any atom is -0.491 e. The van der Waals surface area contributed by atoms with Gasteiger partial charge in [0.2, 0.25) is 5.91 Å². The molecule has 1 saturated heterocycles. The second kappa shape index (κ2) is 9.50. The third kappa shape index (κ3) is 4.24. The van der Waals surface area contributed by atoms with Crippen LogP contribution in [0.5, 0.6) is 5.75 Å². The van der Waals surface area contributed by atoms with Crippen molar-refractivity contribution in [2.75, 3.05) is 25.5 Å². The van der Waals surface area contributed by atoms with E-state index < -0.39 is 41.3 Å². The number of imide groups is 1. The molecule has 6 amide bonds. The van der Waals surface area contributed by atoms with Crippen LogP contribution >= 0.6 is 0 Å². The van der Waals surface area contributed by atoms with Crippen LogP contribution in [0.2, 0.25) is 0 Å². The SMILES string of the molecule is CNC(=O)Nc1ccc2c(c1)CCC[C@@]21NC(=O)N(CC(=O)N2Cc3cc(F)ccc3OC[C@]2(C)C2CC2)C1=O. The molecule has 0 aromatic heterocycles. The number of ether oxygens (including phenoxy) is 1. The zero-order valence-corrected chi connectivity index (χ0v) is 22.5. The van der Waals surface area contributed by atoms with Crippen LogP contribution in [-0.4, -0.2) is 59.4 Å². The molecule has 10 nitrogen and oxygen atoms in total. The summed E-state index contributed by atoms with van der Waals surface area (Å²) in [5.74, 6) is -0.541. The number of hydrogen-bond donors (Lipinski definition) is 3. The highest BCUT2D eigenvalue weighted by Gasteiger charge is 2.56. The number of benzene rings is 2. The summed E-state index contributed by atoms with van der Waals surface area (Å²) >= 11 is 0. The minimum absolute atomic E-state index is 0.123. The molecule has 6 rings (SSSR count). The third-order valence-electron chi connectivity index (χ3n) is 8.76. The molecule has 4 aliphatic rings. The highest BCUT2D eigenvalue weighted by atomic mass is 19.1. The van der Waals surface area contributed by atoms with Gasteiger partial charge in [-0.3, -0.25) is 14.5 Å². The summed E-state index contributed by atoms with van der Waals surface area (Å²) in [6.45, 7) is 1.90. The van der Waals surface area contributed by atoms with Gasteiger partial charge in [-0.2, -0.15) is 0 Å². The quantitative estimate of drug-likeness (QED) is 0.506. The van der Waals surface area contributed by atoms with E-state index in [9.17, 15) is 23.6 Å². The molecule has 0 unspecified atom stereocenters. The van der Waals surface area contributed by atoms with Gasteiger partial charge in [-0.1, -0.05) is 6.07 Å². The lowest BCUT2D eigenvalue weighted by Crippen LogP contribution is -2.56. The first kappa shape index (κ1) is 26.1. The van der Waals surface area contributed by atoms with E-state index in [1.54, 1.807) is 23.1 Å². The van der Waals surface area contributed by atoms with Crippen molar-refractivity contribution in [3.05, 3.63) is 58.9 Å². The highest BCUT2D eigenvalue weighted by Crippen LogP contribution is 2.46. The number of rotatable bonds is 4. The lowest BCUT2D eigenvalue weighted by molar-refractivity contribution is -0.145. The Bertz CT molecular complexity index is 1430. The molecule has 40 heavy (non-hydrogen) atoms. The van der Waals surface area contributed by atoms with Crippen molar-refractivity contribution in [1.82, 2.24) is 20.4 Å². The van der Waals surface area contributed by atoms with Gasteiger partial charge in [-0.15, -0.1) is 0 Å². The molecule has 1 spiro atoms. The van der Waals surface area contributed by atoms with E-state index in [0.29, 0.717) is 41.8 Å². The van der Waals surface area contributed by atoms with Gasteiger partial charge >= 0.3 is 12.1 Å². The molecule has 2 heterocycles. The Balaban J connectivity index is 1.27. The van der Waals surface area contributed by atoms with E-state index in [0.717, 1.165) is 23.3 Å². The number of aryl methyl sites for hydroxylation is 1. The number of fused-ring (bicyclic) bond motifs is 3. The van der Waals surface area contributed by atoms with Crippen molar-refractivity contribution in [3.8, 4) is 5.75 Å². The number of nitrogens with one attached hydrogen (secondary N) is 3. The maximum absolute atomic E-state index is 14.1. The third-order valence-corrected chi connectivity index (χ3v) is 8.76. The lowest BCUT2D eigenvalue weighted by Gasteiger charge is -2.40. The fraction of sp³-hybridized carbons (Fsp3) is 0.448. The first-order valence-electron chi connectivity index (χ1n) is 13.6. The summed E-state index contributed by atoms with van der Waals surface area (Å²) in [6.07, 6.45) is 3.62. The predicted molar refractivity (Wildman–Crippen MR) is 143 cm³/mol. The summed E-state index contributed by atoms with van der Waals surface area (Å²) in [6, 6.07) is 8.55. The largest absolute Gasteiger partial charge is 0.491 e. The molecule has 0 radical (unpaired) electrons. The molecule has 0 bridgehead atoms. The average molecular weight is 550 g/mol. The van der Waals surface area contributed by atoms with E-state index in [2.05, 4.69) is 16.0 Å². The first-order chi connectivity index (χ1) is 19.1. The second-order valence-electron chi connectivity index (χ2n) is 11.3. The van der Waals surface area contributed by atoms with Gasteiger partial charge in [0.25, 0.3) is 5.91 Å². The van der Waals surface area contributed by atoms with E-state index in [-0.39, 0.29) is 25.1 Å². The molecular formula is C29H32FN5O5. The van der Waals surface area contributed by atoms with Crippen LogP contribution in [0.3, 0.4) is 0 Å². The Kier molecular flexibility index (Phi) is 6.19. The van der Waals surface area contributed by atoms with Gasteiger partial charge in [0, 0.05) is 18.3 Å². The number of hydrogen-bond acceptors (Lipinski definition) is 5. The smallest absolute Gasteiger partial charge is 0.325 e. The number of halogens is 1. The fourth-order valence-electron chi connectivity index (χ4n) is 6.39. The van der Waals surface area contributed by atoms with Crippen molar-refractivity contribution in [1.29, 1.82) is 0 Å². The number of nitrogens with zero attached hydrogens (tertiary/aromatic N) is 2. The summed E-state index contributed by atoms with van der Waals surface area (Å²) in [7, 11) is 1.52. The Morgan fingerprint density at radius 3 is 2.70 bits per heavy atom. The molecule has 2 aromatic carbocycles. The van der Waals surface area contributed by atoms with Crippen LogP contribution in [0.25, 0.3) is 0 Å². The monoisotopic (exact) mass is 549 g/mol. The van der Waals surface area contributed by atoms with E-state index in [4.69, 9.17) is 4.74 Å². The van der Waals surface area contributed by atoms with Crippen LogP contribution in [0, 0.1) is 11.7 Å². The summed E-state index contributed by atoms with van der Waals surface area (Å²) in [4.78, 5) is 55.5. The maximum Gasteiger partial charge on any atom is 0.325 e. The van der Waals surface area contributed by atoms with Gasteiger partial charge in [-0.05, 0) is 86.4 Å².